The molecule has 6 aliphatic carbocycles. The van der Waals surface area contributed by atoms with E-state index in [9.17, 15) is 18.0 Å². The molecule has 2 radical (unpaired) electrons. The van der Waals surface area contributed by atoms with E-state index in [-0.39, 0.29) is 148 Å². The Morgan fingerprint density at radius 1 is 0.578 bits per heavy atom. The van der Waals surface area contributed by atoms with Crippen molar-refractivity contribution >= 4 is 108 Å². The molecule has 6 unspecified atom stereocenters. The van der Waals surface area contributed by atoms with Gasteiger partial charge in [0.2, 0.25) is 0 Å². The average Bonchev–Trinajstić information content (AvgIpc) is 3.40. The van der Waals surface area contributed by atoms with Crippen molar-refractivity contribution < 1.29 is 102 Å². The van der Waals surface area contributed by atoms with Crippen molar-refractivity contribution in [3.8, 4) is 24.7 Å². The molecule has 90 heavy (non-hydrogen) atoms. The van der Waals surface area contributed by atoms with Crippen LogP contribution in [0.15, 0.2) is 30.5 Å². The first-order valence-corrected chi connectivity index (χ1v) is 46.6. The second-order valence-corrected chi connectivity index (χ2v) is 42.1. The molecule has 15 nitrogen and oxygen atoms in total. The minimum atomic E-state index is -3.14. The Hall–Kier alpha value is 1.66. The monoisotopic (exact) mass is 1850 g/mol. The molecule has 12 atom stereocenters. The number of unbranched alkanes of at least 4 members (excludes halogenated alkanes) is 9. The van der Waals surface area contributed by atoms with Crippen LogP contribution in [0.4, 0.5) is 0 Å². The van der Waals surface area contributed by atoms with Crippen LogP contribution in [0.1, 0.15) is 258 Å². The van der Waals surface area contributed by atoms with Crippen molar-refractivity contribution in [3.05, 3.63) is 30.5 Å². The molecule has 22 heteroatoms. The first-order valence-electron chi connectivity index (χ1n) is 31.9. The number of rotatable bonds is 23. The Morgan fingerprint density at radius 2 is 0.956 bits per heavy atom. The maximum absolute atomic E-state index is 10.9. The summed E-state index contributed by atoms with van der Waals surface area (Å²) in [7, 11) is -3.14. The molecule has 7 aliphatic rings. The Balaban J connectivity index is -0.000000141. The summed E-state index contributed by atoms with van der Waals surface area (Å²) in [5.41, 5.74) is 26.8. The van der Waals surface area contributed by atoms with Crippen LogP contribution < -0.4 is 82.2 Å². The Kier molecular flexibility index (Phi) is 69.9. The van der Waals surface area contributed by atoms with Crippen LogP contribution in [0.5, 0.6) is 0 Å². The molecule has 1 saturated heterocycles. The Morgan fingerprint density at radius 3 is 1.16 bits per heavy atom. The predicted molar refractivity (Wildman–Crippen MR) is 401 cm³/mol. The largest absolute Gasteiger partial charge is 1.00 e. The molecule has 1 heterocycles. The van der Waals surface area contributed by atoms with Gasteiger partial charge in [-0.25, -0.2) is 0 Å². The fourth-order valence-corrected chi connectivity index (χ4v) is 27.5. The van der Waals surface area contributed by atoms with E-state index in [1.165, 1.54) is 120 Å². The van der Waals surface area contributed by atoms with Gasteiger partial charge >= 0.3 is 226 Å². The van der Waals surface area contributed by atoms with Gasteiger partial charge in [-0.1, -0.05) is 139 Å². The summed E-state index contributed by atoms with van der Waals surface area (Å²) < 4.78 is 39.5. The van der Waals surface area contributed by atoms with E-state index in [1.54, 1.807) is 13.3 Å². The number of carboxylic acid groups (broad SMARTS) is 2. The van der Waals surface area contributed by atoms with Crippen LogP contribution in [0, 0.1) is 59.7 Å². The van der Waals surface area contributed by atoms with E-state index in [4.69, 9.17) is 66.4 Å². The summed E-state index contributed by atoms with van der Waals surface area (Å²) in [4.78, 5) is 21.1. The smallest absolute Gasteiger partial charge is 1.00 e. The number of halogens is 3. The molecule has 7 rings (SSSR count). The molecule has 528 valence electrons. The summed E-state index contributed by atoms with van der Waals surface area (Å²) in [6.45, 7) is 22.1. The van der Waals surface area contributed by atoms with Crippen molar-refractivity contribution in [3.63, 3.8) is 0 Å². The van der Waals surface area contributed by atoms with Crippen molar-refractivity contribution in [2.45, 2.75) is 310 Å². The molecule has 0 bridgehead atoms. The summed E-state index contributed by atoms with van der Waals surface area (Å²) in [5, 5.41) is 29.3. The standard InChI is InChI=1S/C8H18.C7H10INO2.C7H12IN.C7H9NO2.C7H12N.C7H11N.C6H10O3S.4C4H9.3CH4.HI.Na.H2O2.H2O.2Sn.H/c1-3-5-7-8-6-4-2;8-4-2-5-1-3-7(5,9)6(10)11;1-7(9)4-2-6(7)3-5-8;1-2-5-3-4-7(5,8)6(9)10;2*1-3-6-4-5-7(6,2)8;1-6-3-2-5(6)9-10(7,8)4-6;4*1-3-4-2;;;;;;1-2;;;;/h3-8H2,1-2H3;2,4-5H,1,3,9H2,(H,10,11);3,5-6H,2,4,9H2,1H3;1,5H,3-4,8H2,(H,9,10);1,3,6H,4-5,8H2,2H3;1,6H,4-5,8H2,2H3;5H,2-4H2,1H3;4*1,3-4H2,2H3;3*1H4;1H;;1-2H;1H2;;;/q;;;;;;;;;;;;;;;+1;;;;;/b;4-2+;5-3+;;;;;;;;;;;;;;;;;;/t;5?,7-;6?,7-;5?,7-;2*6?,7-;5?,6-;;;;;;;;;;;;;;/m.000001............../s1/i;2*8-4;;;;;;;;;;;;1-4;;;;;;. The maximum atomic E-state index is 10.9. The van der Waals surface area contributed by atoms with Gasteiger partial charge in [0.1, 0.15) is 11.1 Å². The van der Waals surface area contributed by atoms with Gasteiger partial charge in [-0.05, 0) is 92.1 Å². The van der Waals surface area contributed by atoms with E-state index in [0.717, 1.165) is 38.5 Å². The Labute approximate surface area is 637 Å². The van der Waals surface area contributed by atoms with Crippen molar-refractivity contribution in [1.29, 1.82) is 0 Å². The van der Waals surface area contributed by atoms with E-state index in [1.807, 2.05) is 24.0 Å². The van der Waals surface area contributed by atoms with Crippen LogP contribution in [-0.4, -0.2) is 122 Å². The first-order chi connectivity index (χ1) is 39.5. The van der Waals surface area contributed by atoms with Gasteiger partial charge in [0.15, 0.2) is 0 Å². The summed E-state index contributed by atoms with van der Waals surface area (Å²) in [6.07, 6.45) is 48.6. The van der Waals surface area contributed by atoms with Gasteiger partial charge in [0.05, 0.1) is 11.9 Å². The third kappa shape index (κ3) is 41.3. The van der Waals surface area contributed by atoms with Gasteiger partial charge in [-0.15, -0.1) is 24.7 Å². The zero-order chi connectivity index (χ0) is 64.7. The summed E-state index contributed by atoms with van der Waals surface area (Å²) in [5.74, 6) is 4.80. The van der Waals surface area contributed by atoms with E-state index >= 15 is 0 Å². The molecule has 0 aromatic carbocycles. The van der Waals surface area contributed by atoms with Gasteiger partial charge in [-0.2, -0.15) is 8.42 Å². The van der Waals surface area contributed by atoms with Crippen molar-refractivity contribution in [1.82, 2.24) is 0 Å². The van der Waals surface area contributed by atoms with Crippen LogP contribution >= 0.6 is 45.2 Å². The third-order valence-electron chi connectivity index (χ3n) is 18.3. The summed E-state index contributed by atoms with van der Waals surface area (Å²) in [6, 6.07) is 0. The second-order valence-electron chi connectivity index (χ2n) is 25.7. The number of hydrogen-bond acceptors (Lipinski definition) is 12. The van der Waals surface area contributed by atoms with Crippen LogP contribution in [-0.2, 0) is 29.4 Å². The SMILES string of the molecule is C.C.C.C#CC1CC[C@@]1(N)C(=O)O.C#CC1CC[C@]1(C)N.CCCCCCCC.CCC[CH2][SnH]([CH2]CCC)[CH2]CCC.CCC[CH2][Sn]/[CH]=C/C1CC[C@]1(C)N.C[C@]1(N)CCC1/C=C/[123I].C[C@]12CCC1OS(=O)(=O)C2.N[C@@]1(C(=O)O)CCC1/C=C/[123I].OO.[123I-].[Na+].[OH3+]. The number of fused-ring (bicyclic) bond motifs is 1. The van der Waals surface area contributed by atoms with Crippen molar-refractivity contribution in [2.75, 3.05) is 5.75 Å². The number of terminal acetylenes is 2. The molecular weight excluding hydrogens is 1710 g/mol. The van der Waals surface area contributed by atoms with Gasteiger partial charge in [0.25, 0.3) is 10.1 Å². The predicted octanol–water partition coefficient (Wildman–Crippen LogP) is 9.81. The second kappa shape index (κ2) is 58.5. The van der Waals surface area contributed by atoms with E-state index in [0.29, 0.717) is 30.6 Å². The Bertz CT molecular complexity index is 2080. The minimum absolute atomic E-state index is 0. The van der Waals surface area contributed by atoms with E-state index in [2.05, 4.69) is 133 Å². The van der Waals surface area contributed by atoms with Crippen LogP contribution in [0.25, 0.3) is 0 Å². The molecule has 0 aromatic heterocycles. The van der Waals surface area contributed by atoms with Crippen molar-refractivity contribution in [2.24, 2.45) is 63.7 Å². The molecule has 0 aromatic rings. The molecule has 1 aliphatic heterocycles. The average molecular weight is 1850 g/mol. The molecule has 0 amide bonds. The fraction of sp³-hybridized carbons (Fsp3) is 0.824. The first kappa shape index (κ1) is 108. The zero-order valence-corrected chi connectivity index (χ0v) is 71.4. The topological polar surface area (TPSA) is 322 Å². The number of aliphatic carboxylic acids is 2. The van der Waals surface area contributed by atoms with Gasteiger partial charge in [-0.3, -0.25) is 24.3 Å². The maximum Gasteiger partial charge on any atom is 1.00 e. The third-order valence-corrected chi connectivity index (χ3v) is 34.2. The molecule has 6 saturated carbocycles. The normalized spacial score (nSPS) is 30.0. The molecule has 17 N–H and O–H groups in total. The summed E-state index contributed by atoms with van der Waals surface area (Å²) >= 11 is 3.19. The zero-order valence-electron chi connectivity index (χ0n) is 55.9. The minimum Gasteiger partial charge on any atom is -1.00 e. The fourth-order valence-electron chi connectivity index (χ4n) is 10.6. The molecule has 0 spiro atoms. The van der Waals surface area contributed by atoms with Crippen LogP contribution in [0.2, 0.25) is 17.7 Å². The quantitative estimate of drug-likeness (QED) is 0.00672. The van der Waals surface area contributed by atoms with Gasteiger partial charge < -0.3 is 62.6 Å². The number of nitrogens with two attached hydrogens (primary N) is 5. The van der Waals surface area contributed by atoms with Crippen LogP contribution in [0.3, 0.4) is 0 Å². The molecule has 7 fully saturated rings. The number of hydrogen-bond donors (Lipinski definition) is 9. The number of carboxylic acids is 2. The molecular formula is C68H136I3N5NaO10SSn2+. The van der Waals surface area contributed by atoms with E-state index < -0.39 is 52.9 Å². The number of carbonyl (C=O) groups is 2. The van der Waals surface area contributed by atoms with Gasteiger partial charge in [0, 0.05) is 34.2 Å².